The summed E-state index contributed by atoms with van der Waals surface area (Å²) in [5.74, 6) is 0. The summed E-state index contributed by atoms with van der Waals surface area (Å²) in [6.45, 7) is -0.228. The van der Waals surface area contributed by atoms with E-state index in [1.165, 1.54) is 12.3 Å². The maximum absolute atomic E-state index is 9.71. The second kappa shape index (κ2) is 5.63. The Kier molecular flexibility index (Phi) is 4.76. The zero-order valence-electron chi connectivity index (χ0n) is 7.77. The van der Waals surface area contributed by atoms with Crippen molar-refractivity contribution < 1.29 is 15.3 Å². The van der Waals surface area contributed by atoms with E-state index in [9.17, 15) is 10.2 Å². The van der Waals surface area contributed by atoms with Gasteiger partial charge in [-0.25, -0.2) is 4.98 Å². The molecule has 0 aromatic carbocycles. The zero-order chi connectivity index (χ0) is 11.4. The molecule has 0 spiro atoms. The highest BCUT2D eigenvalue weighted by molar-refractivity contribution is 6.35. The minimum Gasteiger partial charge on any atom is -0.396 e. The van der Waals surface area contributed by atoms with E-state index in [1.54, 1.807) is 0 Å². The van der Waals surface area contributed by atoms with Crippen LogP contribution in [-0.2, 0) is 0 Å². The first-order valence-corrected chi connectivity index (χ1v) is 5.10. The molecule has 2 unspecified atom stereocenters. The van der Waals surface area contributed by atoms with Crippen LogP contribution in [0.5, 0.6) is 0 Å². The van der Waals surface area contributed by atoms with Gasteiger partial charge in [-0.2, -0.15) is 0 Å². The highest BCUT2D eigenvalue weighted by atomic mass is 35.5. The fourth-order valence-electron chi connectivity index (χ4n) is 1.17. The van der Waals surface area contributed by atoms with Crippen LogP contribution in [-0.4, -0.2) is 33.0 Å². The van der Waals surface area contributed by atoms with Gasteiger partial charge in [0.2, 0.25) is 0 Å². The monoisotopic (exact) mass is 251 g/mol. The Bertz CT molecular complexity index is 315. The molecular formula is C9H11Cl2NO3. The summed E-state index contributed by atoms with van der Waals surface area (Å²) in [5.41, 5.74) is 0.182. The molecule has 0 aliphatic heterocycles. The molecule has 4 nitrogen and oxygen atoms in total. The van der Waals surface area contributed by atoms with Crippen LogP contribution in [0.4, 0.5) is 0 Å². The second-order valence-corrected chi connectivity index (χ2v) is 3.79. The van der Waals surface area contributed by atoms with Crippen LogP contribution in [0.15, 0.2) is 12.3 Å². The summed E-state index contributed by atoms with van der Waals surface area (Å²) in [6.07, 6.45) is -0.915. The van der Waals surface area contributed by atoms with Crippen molar-refractivity contribution in [3.05, 3.63) is 28.0 Å². The van der Waals surface area contributed by atoms with Crippen molar-refractivity contribution in [2.24, 2.45) is 0 Å². The number of hydrogen-bond donors (Lipinski definition) is 3. The molecule has 6 heteroatoms. The number of aliphatic hydroxyl groups excluding tert-OH is 3. The molecule has 84 valence electrons. The lowest BCUT2D eigenvalue weighted by atomic mass is 10.0. The predicted molar refractivity (Wildman–Crippen MR) is 56.9 cm³/mol. The van der Waals surface area contributed by atoms with Gasteiger partial charge in [0.15, 0.2) is 0 Å². The van der Waals surface area contributed by atoms with Gasteiger partial charge in [0.25, 0.3) is 0 Å². The third-order valence-electron chi connectivity index (χ3n) is 1.97. The van der Waals surface area contributed by atoms with Gasteiger partial charge >= 0.3 is 0 Å². The van der Waals surface area contributed by atoms with E-state index in [0.29, 0.717) is 0 Å². The predicted octanol–water partition coefficient (Wildman–Crippen LogP) is 1.17. The summed E-state index contributed by atoms with van der Waals surface area (Å²) in [6, 6.07) is 1.47. The molecule has 0 saturated heterocycles. The molecule has 1 heterocycles. The fourth-order valence-corrected chi connectivity index (χ4v) is 1.75. The Labute approximate surface area is 97.1 Å². The smallest absolute Gasteiger partial charge is 0.136 e. The van der Waals surface area contributed by atoms with Crippen LogP contribution in [0, 0.1) is 0 Å². The van der Waals surface area contributed by atoms with E-state index >= 15 is 0 Å². The lowest BCUT2D eigenvalue weighted by Gasteiger charge is -2.18. The highest BCUT2D eigenvalue weighted by Crippen LogP contribution is 2.30. The SMILES string of the molecule is OCCC(O)C(O)c1c(Cl)ccnc1Cl. The van der Waals surface area contributed by atoms with Gasteiger partial charge < -0.3 is 15.3 Å². The molecule has 0 radical (unpaired) electrons. The van der Waals surface area contributed by atoms with Gasteiger partial charge in [-0.1, -0.05) is 23.2 Å². The summed E-state index contributed by atoms with van der Waals surface area (Å²) in [4.78, 5) is 3.75. The third kappa shape index (κ3) is 3.03. The average Bonchev–Trinajstić information content (AvgIpc) is 2.17. The van der Waals surface area contributed by atoms with Crippen molar-refractivity contribution in [2.75, 3.05) is 6.61 Å². The molecule has 0 aliphatic rings. The van der Waals surface area contributed by atoms with Crippen LogP contribution < -0.4 is 0 Å². The average molecular weight is 252 g/mol. The van der Waals surface area contributed by atoms with Gasteiger partial charge in [0.05, 0.1) is 11.1 Å². The first kappa shape index (κ1) is 12.7. The number of aliphatic hydroxyl groups is 3. The summed E-state index contributed by atoms with van der Waals surface area (Å²) in [5, 5.41) is 28.1. The third-order valence-corrected chi connectivity index (χ3v) is 2.60. The van der Waals surface area contributed by atoms with E-state index in [-0.39, 0.29) is 28.8 Å². The molecule has 15 heavy (non-hydrogen) atoms. The minimum absolute atomic E-state index is 0.0444. The Morgan fingerprint density at radius 1 is 1.33 bits per heavy atom. The standard InChI is InChI=1S/C9H11Cl2NO3/c10-5-1-3-12-9(11)7(5)8(15)6(14)2-4-13/h1,3,6,8,13-15H,2,4H2. The minimum atomic E-state index is -1.24. The van der Waals surface area contributed by atoms with Crippen LogP contribution in [0.2, 0.25) is 10.2 Å². The first-order chi connectivity index (χ1) is 7.07. The Morgan fingerprint density at radius 3 is 2.53 bits per heavy atom. The van der Waals surface area contributed by atoms with Crippen molar-refractivity contribution >= 4 is 23.2 Å². The molecule has 0 bridgehead atoms. The second-order valence-electron chi connectivity index (χ2n) is 3.02. The van der Waals surface area contributed by atoms with Gasteiger partial charge in [-0.3, -0.25) is 0 Å². The fraction of sp³-hybridized carbons (Fsp3) is 0.444. The molecule has 1 aromatic heterocycles. The van der Waals surface area contributed by atoms with E-state index in [0.717, 1.165) is 0 Å². The number of pyridine rings is 1. The number of hydrogen-bond acceptors (Lipinski definition) is 4. The number of nitrogens with zero attached hydrogens (tertiary/aromatic N) is 1. The van der Waals surface area contributed by atoms with Gasteiger partial charge in [-0.05, 0) is 12.5 Å². The Morgan fingerprint density at radius 2 is 2.00 bits per heavy atom. The highest BCUT2D eigenvalue weighted by Gasteiger charge is 2.23. The lowest BCUT2D eigenvalue weighted by molar-refractivity contribution is 0.00414. The Balaban J connectivity index is 2.94. The van der Waals surface area contributed by atoms with Crippen molar-refractivity contribution in [3.63, 3.8) is 0 Å². The van der Waals surface area contributed by atoms with E-state index in [1.807, 2.05) is 0 Å². The van der Waals surface area contributed by atoms with Gasteiger partial charge in [0, 0.05) is 18.4 Å². The molecule has 1 rings (SSSR count). The number of rotatable bonds is 4. The summed E-state index contributed by atoms with van der Waals surface area (Å²) < 4.78 is 0. The van der Waals surface area contributed by atoms with E-state index < -0.39 is 12.2 Å². The molecule has 0 fully saturated rings. The van der Waals surface area contributed by atoms with Crippen molar-refractivity contribution in [1.29, 1.82) is 0 Å². The number of halogens is 2. The van der Waals surface area contributed by atoms with Crippen LogP contribution in [0.25, 0.3) is 0 Å². The molecule has 3 N–H and O–H groups in total. The lowest BCUT2D eigenvalue weighted by Crippen LogP contribution is -2.20. The maximum atomic E-state index is 9.71. The summed E-state index contributed by atoms with van der Waals surface area (Å²) >= 11 is 11.6. The van der Waals surface area contributed by atoms with E-state index in [2.05, 4.69) is 4.98 Å². The molecule has 0 aliphatic carbocycles. The molecule has 2 atom stereocenters. The normalized spacial score (nSPS) is 15.0. The molecule has 0 saturated carbocycles. The largest absolute Gasteiger partial charge is 0.396 e. The maximum Gasteiger partial charge on any atom is 0.136 e. The molecular weight excluding hydrogens is 241 g/mol. The van der Waals surface area contributed by atoms with E-state index in [4.69, 9.17) is 28.3 Å². The van der Waals surface area contributed by atoms with Crippen LogP contribution in [0.1, 0.15) is 18.1 Å². The van der Waals surface area contributed by atoms with Gasteiger partial charge in [-0.15, -0.1) is 0 Å². The number of aromatic nitrogens is 1. The van der Waals surface area contributed by atoms with Crippen LogP contribution in [0.3, 0.4) is 0 Å². The van der Waals surface area contributed by atoms with Crippen molar-refractivity contribution in [2.45, 2.75) is 18.6 Å². The van der Waals surface area contributed by atoms with Crippen molar-refractivity contribution in [1.82, 2.24) is 4.98 Å². The Hall–Kier alpha value is -0.390. The quantitative estimate of drug-likeness (QED) is 0.703. The topological polar surface area (TPSA) is 73.6 Å². The zero-order valence-corrected chi connectivity index (χ0v) is 9.28. The first-order valence-electron chi connectivity index (χ1n) is 4.34. The van der Waals surface area contributed by atoms with Crippen LogP contribution >= 0.6 is 23.2 Å². The summed E-state index contributed by atoms with van der Waals surface area (Å²) in [7, 11) is 0. The van der Waals surface area contributed by atoms with Crippen molar-refractivity contribution in [3.8, 4) is 0 Å². The molecule has 1 aromatic rings. The van der Waals surface area contributed by atoms with Gasteiger partial charge in [0.1, 0.15) is 11.3 Å². The molecule has 0 amide bonds.